The van der Waals surface area contributed by atoms with E-state index >= 15 is 0 Å². The number of carbonyl (C=O) groups is 1. The van der Waals surface area contributed by atoms with E-state index in [1.807, 2.05) is 0 Å². The molecule has 1 rings (SSSR count). The Labute approximate surface area is 113 Å². The van der Waals surface area contributed by atoms with Gasteiger partial charge in [0.25, 0.3) is 0 Å². The Morgan fingerprint density at radius 3 is 2.63 bits per heavy atom. The molecule has 0 aliphatic heterocycles. The molecule has 1 aromatic carbocycles. The van der Waals surface area contributed by atoms with Gasteiger partial charge in [-0.15, -0.1) is 11.6 Å². The number of carbonyl (C=O) groups excluding carboxylic acids is 1. The molecule has 19 heavy (non-hydrogen) atoms. The van der Waals surface area contributed by atoms with Crippen LogP contribution in [0, 0.1) is 5.82 Å². The lowest BCUT2D eigenvalue weighted by Crippen LogP contribution is -2.11. The summed E-state index contributed by atoms with van der Waals surface area (Å²) in [7, 11) is 0. The molecule has 0 unspecified atom stereocenters. The van der Waals surface area contributed by atoms with Crippen molar-refractivity contribution in [1.29, 1.82) is 0 Å². The zero-order valence-corrected chi connectivity index (χ0v) is 10.8. The third-order valence-electron chi connectivity index (χ3n) is 2.26. The Morgan fingerprint density at radius 2 is 2.11 bits per heavy atom. The van der Waals surface area contributed by atoms with E-state index in [1.54, 1.807) is 6.92 Å². The van der Waals surface area contributed by atoms with Gasteiger partial charge in [-0.3, -0.25) is 4.79 Å². The van der Waals surface area contributed by atoms with E-state index in [0.717, 1.165) is 12.1 Å². The van der Waals surface area contributed by atoms with Crippen LogP contribution < -0.4 is 4.74 Å². The van der Waals surface area contributed by atoms with Crippen molar-refractivity contribution in [1.82, 2.24) is 0 Å². The van der Waals surface area contributed by atoms with E-state index in [4.69, 9.17) is 16.3 Å². The largest absolute Gasteiger partial charge is 0.466 e. The fourth-order valence-corrected chi connectivity index (χ4v) is 1.85. The summed E-state index contributed by atoms with van der Waals surface area (Å²) in [5.41, 5.74) is 0.320. The molecule has 7 heteroatoms. The standard InChI is InChI=1S/C12H12ClF3O3/c1-2-18-11(17)4-7-3-8(14)5-10(9(7)6-13)19-12(15)16/h3,5,12H,2,4,6H2,1H3. The number of halogens is 4. The highest BCUT2D eigenvalue weighted by atomic mass is 35.5. The maximum atomic E-state index is 13.3. The number of hydrogen-bond donors (Lipinski definition) is 0. The second-order valence-electron chi connectivity index (χ2n) is 3.54. The number of ether oxygens (including phenoxy) is 2. The summed E-state index contributed by atoms with van der Waals surface area (Å²) in [5, 5.41) is 0. The molecular formula is C12H12ClF3O3. The van der Waals surface area contributed by atoms with Gasteiger partial charge in [0.15, 0.2) is 0 Å². The fraction of sp³-hybridized carbons (Fsp3) is 0.417. The number of benzene rings is 1. The van der Waals surface area contributed by atoms with Gasteiger partial charge in [0.05, 0.1) is 18.9 Å². The first-order valence-corrected chi connectivity index (χ1v) is 5.99. The van der Waals surface area contributed by atoms with Crippen LogP contribution in [0.4, 0.5) is 13.2 Å². The first-order valence-electron chi connectivity index (χ1n) is 5.45. The number of esters is 1. The average Bonchev–Trinajstić information content (AvgIpc) is 2.27. The van der Waals surface area contributed by atoms with Crippen LogP contribution in [0.1, 0.15) is 18.1 Å². The highest BCUT2D eigenvalue weighted by molar-refractivity contribution is 6.17. The lowest BCUT2D eigenvalue weighted by Gasteiger charge is -2.13. The summed E-state index contributed by atoms with van der Waals surface area (Å²) < 4.78 is 46.6. The topological polar surface area (TPSA) is 35.5 Å². The minimum absolute atomic E-state index is 0.149. The number of alkyl halides is 3. The van der Waals surface area contributed by atoms with Gasteiger partial charge in [-0.05, 0) is 18.6 Å². The van der Waals surface area contributed by atoms with Crippen LogP contribution in [0.5, 0.6) is 5.75 Å². The predicted molar refractivity (Wildman–Crippen MR) is 62.9 cm³/mol. The van der Waals surface area contributed by atoms with Gasteiger partial charge in [-0.25, -0.2) is 4.39 Å². The maximum absolute atomic E-state index is 13.3. The minimum atomic E-state index is -3.10. The predicted octanol–water partition coefficient (Wildman–Crippen LogP) is 3.27. The molecule has 0 aliphatic carbocycles. The van der Waals surface area contributed by atoms with Crippen LogP contribution in [0.25, 0.3) is 0 Å². The highest BCUT2D eigenvalue weighted by Crippen LogP contribution is 2.28. The quantitative estimate of drug-likeness (QED) is 0.597. The smallest absolute Gasteiger partial charge is 0.387 e. The molecule has 0 radical (unpaired) electrons. The van der Waals surface area contributed by atoms with Crippen LogP contribution in [-0.2, 0) is 21.8 Å². The SMILES string of the molecule is CCOC(=O)Cc1cc(F)cc(OC(F)F)c1CCl. The van der Waals surface area contributed by atoms with Crippen LogP contribution in [-0.4, -0.2) is 19.2 Å². The Bertz CT molecular complexity index is 452. The molecule has 1 aromatic rings. The molecule has 0 atom stereocenters. The third-order valence-corrected chi connectivity index (χ3v) is 2.52. The molecule has 0 aromatic heterocycles. The van der Waals surface area contributed by atoms with Gasteiger partial charge in [0.1, 0.15) is 11.6 Å². The maximum Gasteiger partial charge on any atom is 0.387 e. The van der Waals surface area contributed by atoms with Crippen LogP contribution in [0.15, 0.2) is 12.1 Å². The monoisotopic (exact) mass is 296 g/mol. The molecule has 106 valence electrons. The Balaban J connectivity index is 3.08. The summed E-state index contributed by atoms with van der Waals surface area (Å²) in [4.78, 5) is 11.3. The van der Waals surface area contributed by atoms with E-state index in [-0.39, 0.29) is 35.8 Å². The lowest BCUT2D eigenvalue weighted by molar-refractivity contribution is -0.142. The summed E-state index contributed by atoms with van der Waals surface area (Å²) >= 11 is 5.63. The summed E-state index contributed by atoms with van der Waals surface area (Å²) in [6, 6.07) is 1.85. The molecular weight excluding hydrogens is 285 g/mol. The van der Waals surface area contributed by atoms with Gasteiger partial charge >= 0.3 is 12.6 Å². The molecule has 0 fully saturated rings. The second kappa shape index (κ2) is 7.23. The number of rotatable bonds is 6. The van der Waals surface area contributed by atoms with E-state index < -0.39 is 18.4 Å². The van der Waals surface area contributed by atoms with E-state index in [0.29, 0.717) is 0 Å². The first-order chi connectivity index (χ1) is 8.97. The molecule has 0 spiro atoms. The van der Waals surface area contributed by atoms with Crippen molar-refractivity contribution >= 4 is 17.6 Å². The van der Waals surface area contributed by atoms with E-state index in [9.17, 15) is 18.0 Å². The van der Waals surface area contributed by atoms with Crippen molar-refractivity contribution in [3.63, 3.8) is 0 Å². The summed E-state index contributed by atoms with van der Waals surface area (Å²) in [5.74, 6) is -1.94. The minimum Gasteiger partial charge on any atom is -0.466 e. The summed E-state index contributed by atoms with van der Waals surface area (Å²) in [6.07, 6.45) is -0.257. The van der Waals surface area contributed by atoms with Gasteiger partial charge < -0.3 is 9.47 Å². The highest BCUT2D eigenvalue weighted by Gasteiger charge is 2.17. The molecule has 0 saturated heterocycles. The van der Waals surface area contributed by atoms with Crippen molar-refractivity contribution in [2.45, 2.75) is 25.8 Å². The van der Waals surface area contributed by atoms with Crippen LogP contribution in [0.3, 0.4) is 0 Å². The third kappa shape index (κ3) is 4.63. The molecule has 0 amide bonds. The van der Waals surface area contributed by atoms with Crippen LogP contribution >= 0.6 is 11.6 Å². The van der Waals surface area contributed by atoms with Crippen LogP contribution in [0.2, 0.25) is 0 Å². The molecule has 0 saturated carbocycles. The molecule has 0 N–H and O–H groups in total. The molecule has 3 nitrogen and oxygen atoms in total. The first kappa shape index (κ1) is 15.6. The zero-order chi connectivity index (χ0) is 14.4. The van der Waals surface area contributed by atoms with Crippen molar-refractivity contribution in [3.05, 3.63) is 29.1 Å². The van der Waals surface area contributed by atoms with Gasteiger partial charge in [0.2, 0.25) is 0 Å². The second-order valence-corrected chi connectivity index (χ2v) is 3.80. The van der Waals surface area contributed by atoms with E-state index in [2.05, 4.69) is 4.74 Å². The lowest BCUT2D eigenvalue weighted by atomic mass is 10.0. The Kier molecular flexibility index (Phi) is 5.95. The molecule has 0 heterocycles. The van der Waals surface area contributed by atoms with Crippen molar-refractivity contribution in [2.24, 2.45) is 0 Å². The van der Waals surface area contributed by atoms with Gasteiger partial charge in [0, 0.05) is 11.6 Å². The number of hydrogen-bond acceptors (Lipinski definition) is 3. The fourth-order valence-electron chi connectivity index (χ4n) is 1.54. The van der Waals surface area contributed by atoms with Crippen molar-refractivity contribution in [3.8, 4) is 5.75 Å². The normalized spacial score (nSPS) is 10.6. The van der Waals surface area contributed by atoms with Gasteiger partial charge in [-0.2, -0.15) is 8.78 Å². The van der Waals surface area contributed by atoms with E-state index in [1.165, 1.54) is 0 Å². The van der Waals surface area contributed by atoms with Gasteiger partial charge in [-0.1, -0.05) is 0 Å². The van der Waals surface area contributed by atoms with Crippen molar-refractivity contribution < 1.29 is 27.4 Å². The molecule has 0 bridgehead atoms. The Morgan fingerprint density at radius 1 is 1.42 bits per heavy atom. The zero-order valence-electron chi connectivity index (χ0n) is 10.1. The van der Waals surface area contributed by atoms with Crippen molar-refractivity contribution in [2.75, 3.05) is 6.61 Å². The summed E-state index contributed by atoms with van der Waals surface area (Å²) in [6.45, 7) is -1.30. The molecule has 0 aliphatic rings. The average molecular weight is 297 g/mol. The Hall–Kier alpha value is -1.43.